The molecule has 3 rings (SSSR count). The largest absolute Gasteiger partial charge is 0.481 e. The zero-order valence-corrected chi connectivity index (χ0v) is 13.9. The SMILES string of the molecule is Cc1nc2ccc(S(=O)(=O)N3CCC(C)(C(=O)O)C3)cc2s1. The fourth-order valence-electron chi connectivity index (χ4n) is 2.63. The van der Waals surface area contributed by atoms with E-state index in [0.29, 0.717) is 6.42 Å². The van der Waals surface area contributed by atoms with E-state index < -0.39 is 21.4 Å². The lowest BCUT2D eigenvalue weighted by atomic mass is 9.90. The van der Waals surface area contributed by atoms with Gasteiger partial charge in [0.25, 0.3) is 0 Å². The first-order chi connectivity index (χ1) is 10.2. The van der Waals surface area contributed by atoms with Gasteiger partial charge < -0.3 is 5.11 Å². The summed E-state index contributed by atoms with van der Waals surface area (Å²) >= 11 is 1.44. The Kier molecular flexibility index (Phi) is 3.50. The van der Waals surface area contributed by atoms with E-state index in [1.807, 2.05) is 6.92 Å². The lowest BCUT2D eigenvalue weighted by Crippen LogP contribution is -2.34. The van der Waals surface area contributed by atoms with Crippen molar-refractivity contribution in [3.63, 3.8) is 0 Å². The average Bonchev–Trinajstić information content (AvgIpc) is 3.01. The van der Waals surface area contributed by atoms with Gasteiger partial charge in [0, 0.05) is 13.1 Å². The van der Waals surface area contributed by atoms with Gasteiger partial charge in [-0.15, -0.1) is 11.3 Å². The summed E-state index contributed by atoms with van der Waals surface area (Å²) in [6.07, 6.45) is 0.323. The molecule has 1 aliphatic rings. The number of aryl methyl sites for hydroxylation is 1. The number of sulfonamides is 1. The van der Waals surface area contributed by atoms with Crippen LogP contribution in [0.15, 0.2) is 23.1 Å². The van der Waals surface area contributed by atoms with E-state index in [0.717, 1.165) is 15.2 Å². The second kappa shape index (κ2) is 5.00. The van der Waals surface area contributed by atoms with Crippen LogP contribution in [0.4, 0.5) is 0 Å². The molecule has 6 nitrogen and oxygen atoms in total. The lowest BCUT2D eigenvalue weighted by molar-refractivity contribution is -0.146. The van der Waals surface area contributed by atoms with Gasteiger partial charge in [0.05, 0.1) is 25.5 Å². The zero-order valence-electron chi connectivity index (χ0n) is 12.2. The van der Waals surface area contributed by atoms with Gasteiger partial charge in [-0.25, -0.2) is 13.4 Å². The second-order valence-corrected chi connectivity index (χ2v) is 8.99. The number of rotatable bonds is 3. The molecule has 0 spiro atoms. The van der Waals surface area contributed by atoms with Gasteiger partial charge in [0.15, 0.2) is 0 Å². The molecule has 0 saturated carbocycles. The number of aromatic nitrogens is 1. The maximum absolute atomic E-state index is 12.7. The number of hydrogen-bond donors (Lipinski definition) is 1. The zero-order chi connectivity index (χ0) is 16.1. The number of carboxylic acids is 1. The highest BCUT2D eigenvalue weighted by molar-refractivity contribution is 7.89. The van der Waals surface area contributed by atoms with Gasteiger partial charge in [-0.05, 0) is 38.5 Å². The molecule has 2 heterocycles. The van der Waals surface area contributed by atoms with E-state index >= 15 is 0 Å². The van der Waals surface area contributed by atoms with E-state index in [9.17, 15) is 18.3 Å². The second-order valence-electron chi connectivity index (χ2n) is 5.82. The van der Waals surface area contributed by atoms with E-state index in [-0.39, 0.29) is 18.0 Å². The van der Waals surface area contributed by atoms with Crippen molar-refractivity contribution in [3.8, 4) is 0 Å². The van der Waals surface area contributed by atoms with Gasteiger partial charge in [-0.2, -0.15) is 4.31 Å². The highest BCUT2D eigenvalue weighted by atomic mass is 32.2. The molecule has 1 aromatic carbocycles. The van der Waals surface area contributed by atoms with Crippen LogP contribution in [-0.2, 0) is 14.8 Å². The van der Waals surface area contributed by atoms with Gasteiger partial charge in [-0.3, -0.25) is 4.79 Å². The molecule has 8 heteroatoms. The molecule has 1 fully saturated rings. The van der Waals surface area contributed by atoms with E-state index in [4.69, 9.17) is 0 Å². The summed E-state index contributed by atoms with van der Waals surface area (Å²) in [6.45, 7) is 3.69. The van der Waals surface area contributed by atoms with Crippen LogP contribution in [0.25, 0.3) is 10.2 Å². The molecule has 1 aliphatic heterocycles. The van der Waals surface area contributed by atoms with Gasteiger partial charge in [-0.1, -0.05) is 0 Å². The summed E-state index contributed by atoms with van der Waals surface area (Å²) in [5.74, 6) is -0.960. The lowest BCUT2D eigenvalue weighted by Gasteiger charge is -2.20. The van der Waals surface area contributed by atoms with Crippen molar-refractivity contribution in [2.45, 2.75) is 25.2 Å². The van der Waals surface area contributed by atoms with Crippen molar-refractivity contribution >= 4 is 37.5 Å². The van der Waals surface area contributed by atoms with Gasteiger partial charge in [0.2, 0.25) is 10.0 Å². The van der Waals surface area contributed by atoms with Crippen LogP contribution in [0.2, 0.25) is 0 Å². The third kappa shape index (κ3) is 2.41. The predicted molar refractivity (Wildman–Crippen MR) is 83.5 cm³/mol. The minimum Gasteiger partial charge on any atom is -0.481 e. The van der Waals surface area contributed by atoms with Crippen LogP contribution < -0.4 is 0 Å². The maximum atomic E-state index is 12.7. The maximum Gasteiger partial charge on any atom is 0.310 e. The molecule has 1 N–H and O–H groups in total. The molecule has 0 radical (unpaired) electrons. The van der Waals surface area contributed by atoms with Crippen molar-refractivity contribution in [3.05, 3.63) is 23.2 Å². The van der Waals surface area contributed by atoms with Crippen LogP contribution >= 0.6 is 11.3 Å². The van der Waals surface area contributed by atoms with Crippen LogP contribution in [0.5, 0.6) is 0 Å². The first kappa shape index (κ1) is 15.4. The molecule has 118 valence electrons. The highest BCUT2D eigenvalue weighted by Gasteiger charge is 2.44. The Morgan fingerprint density at radius 3 is 2.82 bits per heavy atom. The molecule has 1 aromatic heterocycles. The topological polar surface area (TPSA) is 87.6 Å². The predicted octanol–water partition coefficient (Wildman–Crippen LogP) is 2.09. The minimum atomic E-state index is -3.68. The van der Waals surface area contributed by atoms with E-state index in [1.54, 1.807) is 19.1 Å². The van der Waals surface area contributed by atoms with Crippen molar-refractivity contribution in [1.82, 2.24) is 9.29 Å². The Morgan fingerprint density at radius 1 is 1.45 bits per heavy atom. The highest BCUT2D eigenvalue weighted by Crippen LogP contribution is 2.34. The molecule has 2 aromatic rings. The summed E-state index contributed by atoms with van der Waals surface area (Å²) < 4.78 is 27.5. The molecule has 0 amide bonds. The summed E-state index contributed by atoms with van der Waals surface area (Å²) in [7, 11) is -3.68. The Balaban J connectivity index is 1.96. The van der Waals surface area contributed by atoms with Crippen LogP contribution in [-0.4, -0.2) is 41.9 Å². The summed E-state index contributed by atoms with van der Waals surface area (Å²) in [5.41, 5.74) is -0.239. The van der Waals surface area contributed by atoms with Crippen LogP contribution in [0, 0.1) is 12.3 Å². The van der Waals surface area contributed by atoms with Crippen LogP contribution in [0.3, 0.4) is 0 Å². The number of nitrogens with zero attached hydrogens (tertiary/aromatic N) is 2. The molecule has 22 heavy (non-hydrogen) atoms. The minimum absolute atomic E-state index is 0.00439. The van der Waals surface area contributed by atoms with Gasteiger partial charge >= 0.3 is 5.97 Å². The molecular formula is C14H16N2O4S2. The number of aliphatic carboxylic acids is 1. The summed E-state index contributed by atoms with van der Waals surface area (Å²) in [6, 6.07) is 4.84. The van der Waals surface area contributed by atoms with Crippen molar-refractivity contribution in [2.75, 3.05) is 13.1 Å². The summed E-state index contributed by atoms with van der Waals surface area (Å²) in [5, 5.41) is 10.1. The van der Waals surface area contributed by atoms with Crippen molar-refractivity contribution in [2.24, 2.45) is 5.41 Å². The first-order valence-corrected chi connectivity index (χ1v) is 9.09. The Bertz CT molecular complexity index is 859. The molecule has 1 atom stereocenters. The Morgan fingerprint density at radius 2 is 2.18 bits per heavy atom. The monoisotopic (exact) mass is 340 g/mol. The number of carbonyl (C=O) groups is 1. The molecule has 0 aliphatic carbocycles. The number of fused-ring (bicyclic) bond motifs is 1. The Labute approximate surface area is 132 Å². The number of benzene rings is 1. The molecule has 1 saturated heterocycles. The third-order valence-electron chi connectivity index (χ3n) is 4.06. The van der Waals surface area contributed by atoms with Crippen LogP contribution in [0.1, 0.15) is 18.4 Å². The van der Waals surface area contributed by atoms with E-state index in [1.165, 1.54) is 21.7 Å². The fraction of sp³-hybridized carbons (Fsp3) is 0.429. The Hall–Kier alpha value is -1.51. The van der Waals surface area contributed by atoms with Gasteiger partial charge in [0.1, 0.15) is 0 Å². The first-order valence-electron chi connectivity index (χ1n) is 6.83. The molecule has 1 unspecified atom stereocenters. The number of hydrogen-bond acceptors (Lipinski definition) is 5. The van der Waals surface area contributed by atoms with E-state index in [2.05, 4.69) is 4.98 Å². The normalized spacial score (nSPS) is 23.2. The molecular weight excluding hydrogens is 324 g/mol. The smallest absolute Gasteiger partial charge is 0.310 e. The number of thiazole rings is 1. The van der Waals surface area contributed by atoms with Crippen molar-refractivity contribution < 1.29 is 18.3 Å². The molecule has 0 bridgehead atoms. The fourth-order valence-corrected chi connectivity index (χ4v) is 5.16. The third-order valence-corrected chi connectivity index (χ3v) is 6.83. The average molecular weight is 340 g/mol. The number of carboxylic acid groups (broad SMARTS) is 1. The van der Waals surface area contributed by atoms with Crippen molar-refractivity contribution in [1.29, 1.82) is 0 Å². The summed E-state index contributed by atoms with van der Waals surface area (Å²) in [4.78, 5) is 15.8. The standard InChI is InChI=1S/C14H16N2O4S2/c1-9-15-11-4-3-10(7-12(11)21-9)22(19,20)16-6-5-14(2,8-16)13(17)18/h3-4,7H,5-6,8H2,1-2H3,(H,17,18). The quantitative estimate of drug-likeness (QED) is 0.924.